The molecule has 3 aromatic carbocycles. The van der Waals surface area contributed by atoms with E-state index in [0.717, 1.165) is 28.0 Å². The Hall–Kier alpha value is -3.97. The molecule has 1 atom stereocenters. The SMILES string of the molecule is CNC(Cc1ccc(-c2noc(-c3ccc(OCc4ccccc4)cc3)n2)cc1)C(=O)O. The number of rotatable bonds is 9. The number of hydrogen-bond donors (Lipinski definition) is 2. The molecule has 162 valence electrons. The topological polar surface area (TPSA) is 97.5 Å². The maximum Gasteiger partial charge on any atom is 0.321 e. The van der Waals surface area contributed by atoms with Gasteiger partial charge < -0.3 is 19.7 Å². The Bertz CT molecular complexity index is 1160. The Morgan fingerprint density at radius 2 is 1.66 bits per heavy atom. The van der Waals surface area contributed by atoms with Gasteiger partial charge >= 0.3 is 5.97 Å². The fourth-order valence-corrected chi connectivity index (χ4v) is 3.23. The summed E-state index contributed by atoms with van der Waals surface area (Å²) < 4.78 is 11.2. The predicted octanol–water partition coefficient (Wildman–Crippen LogP) is 4.20. The molecule has 0 aliphatic rings. The molecule has 0 saturated carbocycles. The van der Waals surface area contributed by atoms with E-state index in [1.807, 2.05) is 78.9 Å². The molecule has 4 rings (SSSR count). The first-order valence-electron chi connectivity index (χ1n) is 10.2. The Balaban J connectivity index is 1.40. The van der Waals surface area contributed by atoms with Crippen LogP contribution in [0.1, 0.15) is 11.1 Å². The van der Waals surface area contributed by atoms with Gasteiger partial charge in [-0.2, -0.15) is 4.98 Å². The van der Waals surface area contributed by atoms with Crippen LogP contribution in [0.5, 0.6) is 5.75 Å². The molecule has 4 aromatic rings. The molecule has 1 aromatic heterocycles. The highest BCUT2D eigenvalue weighted by Crippen LogP contribution is 2.25. The number of nitrogens with zero attached hydrogens (tertiary/aromatic N) is 2. The van der Waals surface area contributed by atoms with E-state index in [-0.39, 0.29) is 0 Å². The average Bonchev–Trinajstić information content (AvgIpc) is 3.33. The van der Waals surface area contributed by atoms with Crippen LogP contribution >= 0.6 is 0 Å². The van der Waals surface area contributed by atoms with Crippen LogP contribution in [-0.2, 0) is 17.8 Å². The second-order valence-corrected chi connectivity index (χ2v) is 7.30. The van der Waals surface area contributed by atoms with E-state index in [4.69, 9.17) is 9.26 Å². The minimum atomic E-state index is -0.879. The fraction of sp³-hybridized carbons (Fsp3) is 0.160. The van der Waals surface area contributed by atoms with E-state index in [1.165, 1.54) is 0 Å². The number of carboxylic acid groups (broad SMARTS) is 1. The molecule has 0 aliphatic heterocycles. The van der Waals surface area contributed by atoms with Gasteiger partial charge in [0.1, 0.15) is 18.4 Å². The maximum absolute atomic E-state index is 11.2. The smallest absolute Gasteiger partial charge is 0.321 e. The zero-order chi connectivity index (χ0) is 22.3. The normalized spacial score (nSPS) is 11.8. The first-order valence-corrected chi connectivity index (χ1v) is 10.2. The molecule has 0 fully saturated rings. The van der Waals surface area contributed by atoms with Crippen molar-refractivity contribution in [3.05, 3.63) is 90.0 Å². The molecule has 7 nitrogen and oxygen atoms in total. The summed E-state index contributed by atoms with van der Waals surface area (Å²) in [5, 5.41) is 16.0. The van der Waals surface area contributed by atoms with Gasteiger partial charge in [0, 0.05) is 11.1 Å². The summed E-state index contributed by atoms with van der Waals surface area (Å²) in [6.07, 6.45) is 0.391. The van der Waals surface area contributed by atoms with Crippen molar-refractivity contribution in [3.8, 4) is 28.6 Å². The van der Waals surface area contributed by atoms with E-state index in [1.54, 1.807) is 7.05 Å². The van der Waals surface area contributed by atoms with Gasteiger partial charge in [0.05, 0.1) is 0 Å². The van der Waals surface area contributed by atoms with E-state index >= 15 is 0 Å². The van der Waals surface area contributed by atoms with Gasteiger partial charge in [-0.15, -0.1) is 0 Å². The lowest BCUT2D eigenvalue weighted by atomic mass is 10.0. The minimum Gasteiger partial charge on any atom is -0.489 e. The second-order valence-electron chi connectivity index (χ2n) is 7.30. The molecular weight excluding hydrogens is 406 g/mol. The predicted molar refractivity (Wildman–Crippen MR) is 120 cm³/mol. The minimum absolute atomic E-state index is 0.391. The third-order valence-electron chi connectivity index (χ3n) is 5.07. The van der Waals surface area contributed by atoms with Crippen LogP contribution < -0.4 is 10.1 Å². The summed E-state index contributed by atoms with van der Waals surface area (Å²) in [7, 11) is 1.63. The van der Waals surface area contributed by atoms with Crippen LogP contribution in [0, 0.1) is 0 Å². The number of carboxylic acids is 1. The van der Waals surface area contributed by atoms with Gasteiger partial charge in [0.25, 0.3) is 5.89 Å². The summed E-state index contributed by atoms with van der Waals surface area (Å²) >= 11 is 0. The number of hydrogen-bond acceptors (Lipinski definition) is 6. The average molecular weight is 429 g/mol. The van der Waals surface area contributed by atoms with Crippen LogP contribution in [-0.4, -0.2) is 34.3 Å². The molecule has 32 heavy (non-hydrogen) atoms. The third-order valence-corrected chi connectivity index (χ3v) is 5.07. The lowest BCUT2D eigenvalue weighted by molar-refractivity contribution is -0.139. The molecule has 0 saturated heterocycles. The first kappa shape index (κ1) is 21.3. The maximum atomic E-state index is 11.2. The van der Waals surface area contributed by atoms with Gasteiger partial charge in [-0.05, 0) is 48.9 Å². The highest BCUT2D eigenvalue weighted by molar-refractivity contribution is 5.74. The number of likely N-dealkylation sites (N-methyl/N-ethyl adjacent to an activating group) is 1. The van der Waals surface area contributed by atoms with Crippen LogP contribution in [0.25, 0.3) is 22.8 Å². The number of aromatic nitrogens is 2. The summed E-state index contributed by atoms with van der Waals surface area (Å²) in [4.78, 5) is 15.7. The standard InChI is InChI=1S/C25H23N3O4/c1-26-22(25(29)30)15-17-7-9-19(10-8-17)23-27-24(32-28-23)20-11-13-21(14-12-20)31-16-18-5-3-2-4-6-18/h2-14,22,26H,15-16H2,1H3,(H,29,30). The number of benzene rings is 3. The first-order chi connectivity index (χ1) is 15.6. The Morgan fingerprint density at radius 3 is 2.31 bits per heavy atom. The molecule has 1 unspecified atom stereocenters. The van der Waals surface area contributed by atoms with Gasteiger partial charge in [-0.3, -0.25) is 4.79 Å². The molecule has 1 heterocycles. The van der Waals surface area contributed by atoms with Crippen molar-refractivity contribution >= 4 is 5.97 Å². The van der Waals surface area contributed by atoms with Crippen LogP contribution in [0.4, 0.5) is 0 Å². The number of ether oxygens (including phenoxy) is 1. The third kappa shape index (κ3) is 5.19. The monoisotopic (exact) mass is 429 g/mol. The van der Waals surface area contributed by atoms with Crippen molar-refractivity contribution in [2.75, 3.05) is 7.05 Å². The van der Waals surface area contributed by atoms with Gasteiger partial charge in [-0.25, -0.2) is 0 Å². The summed E-state index contributed by atoms with van der Waals surface area (Å²) in [6, 6.07) is 24.3. The highest BCUT2D eigenvalue weighted by Gasteiger charge is 2.16. The summed E-state index contributed by atoms with van der Waals surface area (Å²) in [5.41, 5.74) is 3.60. The van der Waals surface area contributed by atoms with Crippen molar-refractivity contribution < 1.29 is 19.2 Å². The second kappa shape index (κ2) is 9.89. The fourth-order valence-electron chi connectivity index (χ4n) is 3.23. The molecule has 0 radical (unpaired) electrons. The van der Waals surface area contributed by atoms with E-state index in [2.05, 4.69) is 15.5 Å². The lowest BCUT2D eigenvalue weighted by Crippen LogP contribution is -2.35. The van der Waals surface area contributed by atoms with Crippen molar-refractivity contribution in [1.29, 1.82) is 0 Å². The molecule has 0 bridgehead atoms. The van der Waals surface area contributed by atoms with Crippen LogP contribution in [0.15, 0.2) is 83.4 Å². The van der Waals surface area contributed by atoms with Crippen LogP contribution in [0.2, 0.25) is 0 Å². The molecular formula is C25H23N3O4. The largest absolute Gasteiger partial charge is 0.489 e. The van der Waals surface area contributed by atoms with Crippen molar-refractivity contribution in [2.24, 2.45) is 0 Å². The Labute approximate surface area is 185 Å². The number of carbonyl (C=O) groups is 1. The van der Waals surface area contributed by atoms with Crippen molar-refractivity contribution in [1.82, 2.24) is 15.5 Å². The van der Waals surface area contributed by atoms with E-state index in [9.17, 15) is 9.90 Å². The van der Waals surface area contributed by atoms with Gasteiger partial charge in [0.15, 0.2) is 0 Å². The van der Waals surface area contributed by atoms with Crippen molar-refractivity contribution in [2.45, 2.75) is 19.1 Å². The highest BCUT2D eigenvalue weighted by atomic mass is 16.5. The summed E-state index contributed by atoms with van der Waals surface area (Å²) in [6.45, 7) is 0.502. The van der Waals surface area contributed by atoms with E-state index < -0.39 is 12.0 Å². The van der Waals surface area contributed by atoms with Gasteiger partial charge in [0.2, 0.25) is 5.82 Å². The molecule has 7 heteroatoms. The van der Waals surface area contributed by atoms with Gasteiger partial charge in [-0.1, -0.05) is 59.8 Å². The number of aliphatic carboxylic acids is 1. The number of nitrogens with one attached hydrogen (secondary N) is 1. The lowest BCUT2D eigenvalue weighted by Gasteiger charge is -2.10. The van der Waals surface area contributed by atoms with Crippen molar-refractivity contribution in [3.63, 3.8) is 0 Å². The summed E-state index contributed by atoms with van der Waals surface area (Å²) in [5.74, 6) is 0.768. The molecule has 0 amide bonds. The zero-order valence-corrected chi connectivity index (χ0v) is 17.6. The Morgan fingerprint density at radius 1 is 0.969 bits per heavy atom. The van der Waals surface area contributed by atoms with Crippen LogP contribution in [0.3, 0.4) is 0 Å². The zero-order valence-electron chi connectivity index (χ0n) is 17.6. The molecule has 0 aliphatic carbocycles. The molecule has 0 spiro atoms. The Kier molecular flexibility index (Phi) is 6.57. The van der Waals surface area contributed by atoms with E-state index in [0.29, 0.717) is 24.7 Å². The quantitative estimate of drug-likeness (QED) is 0.412. The molecule has 2 N–H and O–H groups in total.